The van der Waals surface area contributed by atoms with Crippen LogP contribution in [0.1, 0.15) is 38.7 Å². The maximum atomic E-state index is 13.0. The fraction of sp³-hybridized carbons (Fsp3) is 0.591. The van der Waals surface area contributed by atoms with Crippen LogP contribution in [0.5, 0.6) is 0 Å². The first-order valence-corrected chi connectivity index (χ1v) is 10.5. The molecular formula is C22H34N4O4. The monoisotopic (exact) mass is 418 g/mol. The van der Waals surface area contributed by atoms with Crippen molar-refractivity contribution in [2.45, 2.75) is 51.3 Å². The quantitative estimate of drug-likeness (QED) is 0.361. The Bertz CT molecular complexity index is 723. The number of ketones is 1. The first kappa shape index (κ1) is 24.0. The molecule has 0 radical (unpaired) electrons. The number of hydrogen-bond donors (Lipinski definition) is 5. The fourth-order valence-electron chi connectivity index (χ4n) is 3.79. The van der Waals surface area contributed by atoms with Crippen LogP contribution in [0.15, 0.2) is 30.3 Å². The highest BCUT2D eigenvalue weighted by atomic mass is 16.3. The van der Waals surface area contributed by atoms with Crippen LogP contribution in [0.2, 0.25) is 0 Å². The highest BCUT2D eigenvalue weighted by Crippen LogP contribution is 2.28. The number of carbonyl (C=O) groups is 3. The number of carbonyl (C=O) groups excluding carboxylic acids is 3. The van der Waals surface area contributed by atoms with Crippen LogP contribution in [-0.2, 0) is 14.4 Å². The van der Waals surface area contributed by atoms with Crippen molar-refractivity contribution in [1.82, 2.24) is 16.0 Å². The molecule has 2 amide bonds. The van der Waals surface area contributed by atoms with E-state index in [0.717, 1.165) is 5.56 Å². The van der Waals surface area contributed by atoms with Gasteiger partial charge in [-0.15, -0.1) is 0 Å². The second-order valence-electron chi connectivity index (χ2n) is 8.20. The van der Waals surface area contributed by atoms with E-state index in [0.29, 0.717) is 19.5 Å². The standard InChI is InChI=1S/C22H34N4O4/c1-13(2)20(28)18(9-10-23)25-22(30)19(14(3)27)26-21(29)17-12-24-11-16(17)15-7-5-4-6-8-15/h4-8,13-14,16-19,24,27H,9-12,23H2,1-3H3,(H,25,30)(H,26,29)/t14-,16?,17?,18-,19-/m0/s1. The first-order chi connectivity index (χ1) is 14.3. The zero-order valence-electron chi connectivity index (χ0n) is 17.9. The number of aliphatic hydroxyl groups excluding tert-OH is 1. The minimum atomic E-state index is -1.16. The van der Waals surface area contributed by atoms with Gasteiger partial charge in [-0.2, -0.15) is 0 Å². The van der Waals surface area contributed by atoms with E-state index in [1.165, 1.54) is 6.92 Å². The van der Waals surface area contributed by atoms with Crippen LogP contribution in [0, 0.1) is 11.8 Å². The van der Waals surface area contributed by atoms with Gasteiger partial charge >= 0.3 is 0 Å². The molecule has 166 valence electrons. The fourth-order valence-corrected chi connectivity index (χ4v) is 3.79. The van der Waals surface area contributed by atoms with Crippen LogP contribution in [0.25, 0.3) is 0 Å². The maximum Gasteiger partial charge on any atom is 0.245 e. The number of amides is 2. The van der Waals surface area contributed by atoms with Gasteiger partial charge in [0, 0.05) is 24.9 Å². The van der Waals surface area contributed by atoms with E-state index in [9.17, 15) is 19.5 Å². The van der Waals surface area contributed by atoms with Crippen molar-refractivity contribution in [2.75, 3.05) is 19.6 Å². The van der Waals surface area contributed by atoms with Gasteiger partial charge in [0.05, 0.1) is 18.1 Å². The highest BCUT2D eigenvalue weighted by molar-refractivity contribution is 5.94. The SMILES string of the molecule is CC(C)C(=O)[C@H](CCN)NC(=O)[C@@H](NC(=O)C1CNCC1c1ccccc1)[C@H](C)O. The molecule has 1 aliphatic heterocycles. The van der Waals surface area contributed by atoms with Crippen molar-refractivity contribution in [2.24, 2.45) is 17.6 Å². The summed E-state index contributed by atoms with van der Waals surface area (Å²) in [6.45, 7) is 6.33. The largest absolute Gasteiger partial charge is 0.391 e. The Balaban J connectivity index is 2.09. The molecule has 0 aliphatic carbocycles. The lowest BCUT2D eigenvalue weighted by atomic mass is 9.88. The Kier molecular flexibility index (Phi) is 8.95. The van der Waals surface area contributed by atoms with Crippen molar-refractivity contribution < 1.29 is 19.5 Å². The molecule has 1 fully saturated rings. The van der Waals surface area contributed by atoms with Crippen molar-refractivity contribution in [3.8, 4) is 0 Å². The van der Waals surface area contributed by atoms with Crippen LogP contribution in [0.4, 0.5) is 0 Å². The molecule has 1 aromatic carbocycles. The second kappa shape index (κ2) is 11.2. The Morgan fingerprint density at radius 2 is 1.80 bits per heavy atom. The number of hydrogen-bond acceptors (Lipinski definition) is 6. The van der Waals surface area contributed by atoms with Crippen LogP contribution < -0.4 is 21.7 Å². The minimum absolute atomic E-state index is 0.0172. The van der Waals surface area contributed by atoms with Crippen LogP contribution in [0.3, 0.4) is 0 Å². The van der Waals surface area contributed by atoms with E-state index in [1.807, 2.05) is 30.3 Å². The van der Waals surface area contributed by atoms with Crippen molar-refractivity contribution in [3.63, 3.8) is 0 Å². The smallest absolute Gasteiger partial charge is 0.245 e. The molecule has 0 bridgehead atoms. The third-order valence-corrected chi connectivity index (χ3v) is 5.53. The summed E-state index contributed by atoms with van der Waals surface area (Å²) in [5.41, 5.74) is 6.63. The summed E-state index contributed by atoms with van der Waals surface area (Å²) in [5, 5.41) is 18.7. The Morgan fingerprint density at radius 1 is 1.13 bits per heavy atom. The summed E-state index contributed by atoms with van der Waals surface area (Å²) in [6, 6.07) is 7.83. The van der Waals surface area contributed by atoms with Crippen molar-refractivity contribution >= 4 is 17.6 Å². The molecule has 1 aromatic rings. The molecule has 0 aromatic heterocycles. The van der Waals surface area contributed by atoms with E-state index in [-0.39, 0.29) is 36.0 Å². The molecule has 1 saturated heterocycles. The Hall–Kier alpha value is -2.29. The van der Waals surface area contributed by atoms with Gasteiger partial charge in [0.1, 0.15) is 6.04 Å². The number of aliphatic hydroxyl groups is 1. The predicted octanol–water partition coefficient (Wildman–Crippen LogP) is -0.0861. The van der Waals surface area contributed by atoms with Gasteiger partial charge in [0.25, 0.3) is 0 Å². The topological polar surface area (TPSA) is 134 Å². The molecule has 8 nitrogen and oxygen atoms in total. The molecule has 6 N–H and O–H groups in total. The first-order valence-electron chi connectivity index (χ1n) is 10.5. The number of nitrogens with two attached hydrogens (primary N) is 1. The number of Topliss-reactive ketones (excluding diaryl/α,β-unsaturated/α-hetero) is 1. The van der Waals surface area contributed by atoms with E-state index < -0.39 is 24.1 Å². The Morgan fingerprint density at radius 3 is 2.37 bits per heavy atom. The van der Waals surface area contributed by atoms with Gasteiger partial charge < -0.3 is 26.8 Å². The van der Waals surface area contributed by atoms with Gasteiger partial charge in [-0.3, -0.25) is 14.4 Å². The van der Waals surface area contributed by atoms with Crippen molar-refractivity contribution in [3.05, 3.63) is 35.9 Å². The average molecular weight is 419 g/mol. The normalized spacial score (nSPS) is 21.7. The molecular weight excluding hydrogens is 384 g/mol. The van der Waals surface area contributed by atoms with Gasteiger partial charge in [-0.1, -0.05) is 44.2 Å². The Labute approximate surface area is 178 Å². The number of rotatable bonds is 10. The molecule has 8 heteroatoms. The van der Waals surface area contributed by atoms with E-state index >= 15 is 0 Å². The molecule has 1 heterocycles. The lowest BCUT2D eigenvalue weighted by molar-refractivity contribution is -0.135. The molecule has 30 heavy (non-hydrogen) atoms. The van der Waals surface area contributed by atoms with E-state index in [2.05, 4.69) is 16.0 Å². The molecule has 2 rings (SSSR count). The average Bonchev–Trinajstić information content (AvgIpc) is 3.21. The summed E-state index contributed by atoms with van der Waals surface area (Å²) in [7, 11) is 0. The molecule has 0 spiro atoms. The molecule has 1 aliphatic rings. The number of benzene rings is 1. The third kappa shape index (κ3) is 6.10. The van der Waals surface area contributed by atoms with E-state index in [1.54, 1.807) is 13.8 Å². The van der Waals surface area contributed by atoms with Gasteiger partial charge in [-0.05, 0) is 25.5 Å². The summed E-state index contributed by atoms with van der Waals surface area (Å²) in [6.07, 6.45) is -0.822. The minimum Gasteiger partial charge on any atom is -0.391 e. The van der Waals surface area contributed by atoms with Gasteiger partial charge in [-0.25, -0.2) is 0 Å². The van der Waals surface area contributed by atoms with Crippen LogP contribution >= 0.6 is 0 Å². The zero-order chi connectivity index (χ0) is 22.3. The maximum absolute atomic E-state index is 13.0. The van der Waals surface area contributed by atoms with Crippen LogP contribution in [-0.4, -0.2) is 60.5 Å². The second-order valence-corrected chi connectivity index (χ2v) is 8.20. The highest BCUT2D eigenvalue weighted by Gasteiger charge is 2.37. The van der Waals surface area contributed by atoms with E-state index in [4.69, 9.17) is 5.73 Å². The van der Waals surface area contributed by atoms with Gasteiger partial charge in [0.2, 0.25) is 11.8 Å². The molecule has 2 unspecified atom stereocenters. The summed E-state index contributed by atoms with van der Waals surface area (Å²) in [4.78, 5) is 38.1. The van der Waals surface area contributed by atoms with Crippen molar-refractivity contribution in [1.29, 1.82) is 0 Å². The van der Waals surface area contributed by atoms with Gasteiger partial charge in [0.15, 0.2) is 5.78 Å². The lowest BCUT2D eigenvalue weighted by Gasteiger charge is -2.27. The summed E-state index contributed by atoms with van der Waals surface area (Å²) >= 11 is 0. The lowest BCUT2D eigenvalue weighted by Crippen LogP contribution is -2.57. The summed E-state index contributed by atoms with van der Waals surface area (Å²) in [5.74, 6) is -1.67. The summed E-state index contributed by atoms with van der Waals surface area (Å²) < 4.78 is 0. The zero-order valence-corrected chi connectivity index (χ0v) is 17.9. The third-order valence-electron chi connectivity index (χ3n) is 5.53. The molecule has 0 saturated carbocycles. The predicted molar refractivity (Wildman–Crippen MR) is 115 cm³/mol. The molecule has 5 atom stereocenters. The number of nitrogens with one attached hydrogen (secondary N) is 3.